The van der Waals surface area contributed by atoms with Crippen LogP contribution in [-0.4, -0.2) is 12.1 Å². The molecule has 18 heavy (non-hydrogen) atoms. The Morgan fingerprint density at radius 1 is 1.44 bits per heavy atom. The van der Waals surface area contributed by atoms with Crippen LogP contribution in [0.1, 0.15) is 10.6 Å². The summed E-state index contributed by atoms with van der Waals surface area (Å²) in [4.78, 5) is 5.41. The van der Waals surface area contributed by atoms with Crippen molar-refractivity contribution < 1.29 is 9.13 Å². The molecule has 96 valence electrons. The standard InChI is InChI=1S/C12H12BrFN2OS/c1-17-6-10-11(5-15)18-12(16-10)7-2-8(13)4-9(14)3-7/h2-4H,5-6,15H2,1H3. The minimum absolute atomic E-state index is 0.294. The average molecular weight is 331 g/mol. The molecule has 6 heteroatoms. The molecule has 0 spiro atoms. The van der Waals surface area contributed by atoms with Crippen LogP contribution in [0.3, 0.4) is 0 Å². The molecule has 0 radical (unpaired) electrons. The summed E-state index contributed by atoms with van der Waals surface area (Å²) < 4.78 is 19.1. The number of nitrogens with two attached hydrogens (primary N) is 1. The maximum Gasteiger partial charge on any atom is 0.125 e. The number of rotatable bonds is 4. The van der Waals surface area contributed by atoms with Crippen LogP contribution >= 0.6 is 27.3 Å². The zero-order chi connectivity index (χ0) is 13.1. The minimum atomic E-state index is -0.294. The number of aromatic nitrogens is 1. The van der Waals surface area contributed by atoms with Crippen molar-refractivity contribution in [1.29, 1.82) is 0 Å². The number of benzene rings is 1. The molecule has 0 aliphatic rings. The van der Waals surface area contributed by atoms with E-state index in [1.807, 2.05) is 6.07 Å². The van der Waals surface area contributed by atoms with Crippen LogP contribution in [0.5, 0.6) is 0 Å². The number of ether oxygens (including phenoxy) is 1. The van der Waals surface area contributed by atoms with Crippen LogP contribution < -0.4 is 5.73 Å². The highest BCUT2D eigenvalue weighted by atomic mass is 79.9. The number of thiazole rings is 1. The Kier molecular flexibility index (Phi) is 4.45. The lowest BCUT2D eigenvalue weighted by molar-refractivity contribution is 0.181. The Balaban J connectivity index is 2.43. The quantitative estimate of drug-likeness (QED) is 0.935. The average Bonchev–Trinajstić information content (AvgIpc) is 2.71. The fourth-order valence-corrected chi connectivity index (χ4v) is 2.99. The number of nitrogens with zero attached hydrogens (tertiary/aromatic N) is 1. The Labute approximate surface area is 117 Å². The van der Waals surface area contributed by atoms with E-state index < -0.39 is 0 Å². The van der Waals surface area contributed by atoms with Crippen molar-refractivity contribution >= 4 is 27.3 Å². The second-order valence-electron chi connectivity index (χ2n) is 3.68. The van der Waals surface area contributed by atoms with Crippen molar-refractivity contribution in [3.05, 3.63) is 39.1 Å². The lowest BCUT2D eigenvalue weighted by Gasteiger charge is -1.98. The molecule has 0 unspecified atom stereocenters. The van der Waals surface area contributed by atoms with E-state index >= 15 is 0 Å². The first-order valence-electron chi connectivity index (χ1n) is 5.28. The summed E-state index contributed by atoms with van der Waals surface area (Å²) in [5.41, 5.74) is 7.22. The van der Waals surface area contributed by atoms with Gasteiger partial charge in [-0.15, -0.1) is 11.3 Å². The monoisotopic (exact) mass is 330 g/mol. The van der Waals surface area contributed by atoms with Crippen molar-refractivity contribution in [3.8, 4) is 10.6 Å². The molecule has 0 saturated carbocycles. The second-order valence-corrected chi connectivity index (χ2v) is 5.68. The highest BCUT2D eigenvalue weighted by Gasteiger charge is 2.12. The smallest absolute Gasteiger partial charge is 0.125 e. The third kappa shape index (κ3) is 2.95. The summed E-state index contributed by atoms with van der Waals surface area (Å²) in [6, 6.07) is 4.70. The zero-order valence-electron chi connectivity index (χ0n) is 9.74. The predicted octanol–water partition coefficient (Wildman–Crippen LogP) is 3.32. The summed E-state index contributed by atoms with van der Waals surface area (Å²) in [5.74, 6) is -0.294. The van der Waals surface area contributed by atoms with Gasteiger partial charge in [0, 0.05) is 28.6 Å². The molecule has 1 aromatic carbocycles. The van der Waals surface area contributed by atoms with Gasteiger partial charge in [0.25, 0.3) is 0 Å². The molecule has 2 rings (SSSR count). The summed E-state index contributed by atoms with van der Waals surface area (Å²) in [6.45, 7) is 0.826. The Hall–Kier alpha value is -0.820. The topological polar surface area (TPSA) is 48.1 Å². The van der Waals surface area contributed by atoms with E-state index in [-0.39, 0.29) is 5.82 Å². The van der Waals surface area contributed by atoms with Gasteiger partial charge < -0.3 is 10.5 Å². The lowest BCUT2D eigenvalue weighted by Crippen LogP contribution is -1.99. The molecular weight excluding hydrogens is 319 g/mol. The highest BCUT2D eigenvalue weighted by molar-refractivity contribution is 9.10. The van der Waals surface area contributed by atoms with Crippen LogP contribution in [-0.2, 0) is 17.9 Å². The van der Waals surface area contributed by atoms with Gasteiger partial charge in [0.05, 0.1) is 12.3 Å². The predicted molar refractivity (Wildman–Crippen MR) is 73.8 cm³/mol. The molecule has 2 aromatic rings. The molecule has 2 N–H and O–H groups in total. The Bertz CT molecular complexity index is 539. The number of hydrogen-bond donors (Lipinski definition) is 1. The molecule has 3 nitrogen and oxygen atoms in total. The fourth-order valence-electron chi connectivity index (χ4n) is 1.59. The summed E-state index contributed by atoms with van der Waals surface area (Å²) in [6.07, 6.45) is 0. The van der Waals surface area contributed by atoms with Crippen molar-refractivity contribution in [1.82, 2.24) is 4.98 Å². The normalized spacial score (nSPS) is 10.9. The van der Waals surface area contributed by atoms with Crippen molar-refractivity contribution in [3.63, 3.8) is 0 Å². The fraction of sp³-hybridized carbons (Fsp3) is 0.250. The molecule has 0 atom stereocenters. The molecule has 0 saturated heterocycles. The second kappa shape index (κ2) is 5.88. The molecule has 0 aliphatic carbocycles. The van der Waals surface area contributed by atoms with E-state index in [2.05, 4.69) is 20.9 Å². The van der Waals surface area contributed by atoms with Crippen LogP contribution in [0, 0.1) is 5.82 Å². The first kappa shape index (κ1) is 13.6. The number of methoxy groups -OCH3 is 1. The minimum Gasteiger partial charge on any atom is -0.378 e. The first-order chi connectivity index (χ1) is 8.63. The van der Waals surface area contributed by atoms with E-state index in [0.717, 1.165) is 21.1 Å². The molecule has 0 bridgehead atoms. The maximum atomic E-state index is 13.3. The molecule has 0 fully saturated rings. The third-order valence-corrected chi connectivity index (χ3v) is 3.98. The van der Waals surface area contributed by atoms with Crippen LogP contribution in [0.25, 0.3) is 10.6 Å². The maximum absolute atomic E-state index is 13.3. The SMILES string of the molecule is COCc1nc(-c2cc(F)cc(Br)c2)sc1CN. The van der Waals surface area contributed by atoms with Gasteiger partial charge in [0.2, 0.25) is 0 Å². The number of halogens is 2. The van der Waals surface area contributed by atoms with E-state index in [9.17, 15) is 4.39 Å². The molecule has 0 aliphatic heterocycles. The summed E-state index contributed by atoms with van der Waals surface area (Å²) in [5, 5.41) is 0.753. The van der Waals surface area contributed by atoms with Crippen molar-refractivity contribution in [2.75, 3.05) is 7.11 Å². The Morgan fingerprint density at radius 2 is 2.22 bits per heavy atom. The van der Waals surface area contributed by atoms with E-state index in [1.54, 1.807) is 7.11 Å². The van der Waals surface area contributed by atoms with Gasteiger partial charge in [-0.3, -0.25) is 0 Å². The van der Waals surface area contributed by atoms with Gasteiger partial charge in [-0.25, -0.2) is 9.37 Å². The van der Waals surface area contributed by atoms with E-state index in [1.165, 1.54) is 23.5 Å². The van der Waals surface area contributed by atoms with E-state index in [4.69, 9.17) is 10.5 Å². The molecule has 0 amide bonds. The largest absolute Gasteiger partial charge is 0.378 e. The lowest BCUT2D eigenvalue weighted by atomic mass is 10.2. The van der Waals surface area contributed by atoms with Crippen LogP contribution in [0.15, 0.2) is 22.7 Å². The van der Waals surface area contributed by atoms with Gasteiger partial charge >= 0.3 is 0 Å². The molecular formula is C12H12BrFN2OS. The summed E-state index contributed by atoms with van der Waals surface area (Å²) >= 11 is 4.74. The van der Waals surface area contributed by atoms with Gasteiger partial charge in [-0.2, -0.15) is 0 Å². The first-order valence-corrected chi connectivity index (χ1v) is 6.89. The van der Waals surface area contributed by atoms with Crippen LogP contribution in [0.2, 0.25) is 0 Å². The third-order valence-electron chi connectivity index (χ3n) is 2.35. The van der Waals surface area contributed by atoms with Crippen LogP contribution in [0.4, 0.5) is 4.39 Å². The van der Waals surface area contributed by atoms with Gasteiger partial charge in [0.15, 0.2) is 0 Å². The van der Waals surface area contributed by atoms with Crippen molar-refractivity contribution in [2.24, 2.45) is 5.73 Å². The Morgan fingerprint density at radius 3 is 2.83 bits per heavy atom. The number of hydrogen-bond acceptors (Lipinski definition) is 4. The van der Waals surface area contributed by atoms with E-state index in [0.29, 0.717) is 17.6 Å². The molecule has 1 aromatic heterocycles. The summed E-state index contributed by atoms with van der Waals surface area (Å²) in [7, 11) is 1.61. The highest BCUT2D eigenvalue weighted by Crippen LogP contribution is 2.30. The van der Waals surface area contributed by atoms with Gasteiger partial charge in [-0.05, 0) is 18.2 Å². The van der Waals surface area contributed by atoms with Crippen molar-refractivity contribution in [2.45, 2.75) is 13.2 Å². The van der Waals surface area contributed by atoms with Gasteiger partial charge in [-0.1, -0.05) is 15.9 Å². The molecule has 1 heterocycles. The van der Waals surface area contributed by atoms with Gasteiger partial charge in [0.1, 0.15) is 10.8 Å². The zero-order valence-corrected chi connectivity index (χ0v) is 12.1.